The quantitative estimate of drug-likeness (QED) is 0.860. The van der Waals surface area contributed by atoms with Gasteiger partial charge in [0.2, 0.25) is 0 Å². The van der Waals surface area contributed by atoms with Crippen LogP contribution in [0.25, 0.3) is 0 Å². The lowest BCUT2D eigenvalue weighted by Gasteiger charge is -2.17. The third-order valence-corrected chi connectivity index (χ3v) is 6.01. The Balaban J connectivity index is 1.99. The Morgan fingerprint density at radius 1 is 1.15 bits per heavy atom. The molecule has 0 unspecified atom stereocenters. The van der Waals surface area contributed by atoms with Gasteiger partial charge in [-0.05, 0) is 51.0 Å². The van der Waals surface area contributed by atoms with Crippen molar-refractivity contribution >= 4 is 21.6 Å². The van der Waals surface area contributed by atoms with Crippen LogP contribution in [-0.4, -0.2) is 37.3 Å². The Morgan fingerprint density at radius 3 is 2.35 bits per heavy atom. The van der Waals surface area contributed by atoms with Gasteiger partial charge in [0.15, 0.2) is 0 Å². The molecule has 1 saturated heterocycles. The van der Waals surface area contributed by atoms with Crippen molar-refractivity contribution in [3.05, 3.63) is 46.8 Å². The number of aryl methyl sites for hydroxylation is 2. The minimum atomic E-state index is -3.96. The van der Waals surface area contributed by atoms with E-state index in [9.17, 15) is 13.2 Å². The number of carbonyl (C=O) groups excluding carboxylic acids is 1. The van der Waals surface area contributed by atoms with Crippen molar-refractivity contribution < 1.29 is 13.2 Å². The molecular weight excluding hydrogens is 352 g/mol. The van der Waals surface area contributed by atoms with Crippen LogP contribution >= 0.6 is 0 Å². The molecule has 1 amide bonds. The van der Waals surface area contributed by atoms with Crippen molar-refractivity contribution in [2.24, 2.45) is 0 Å². The predicted octanol–water partition coefficient (Wildman–Crippen LogP) is 2.54. The Bertz CT molecular complexity index is 979. The molecule has 0 bridgehead atoms. The first-order valence-corrected chi connectivity index (χ1v) is 9.83. The number of amides is 1. The summed E-state index contributed by atoms with van der Waals surface area (Å²) in [7, 11) is -3.96. The summed E-state index contributed by atoms with van der Waals surface area (Å²) in [5, 5.41) is 8.84. The van der Waals surface area contributed by atoms with Crippen LogP contribution in [0.5, 0.6) is 0 Å². The van der Waals surface area contributed by atoms with E-state index in [2.05, 4.69) is 9.71 Å². The Hall–Kier alpha value is -2.79. The second kappa shape index (κ2) is 6.84. The summed E-state index contributed by atoms with van der Waals surface area (Å²) in [6, 6.07) is 8.09. The van der Waals surface area contributed by atoms with Gasteiger partial charge in [-0.25, -0.2) is 8.42 Å². The average molecular weight is 372 g/mol. The molecule has 0 aliphatic carbocycles. The molecule has 0 saturated carbocycles. The van der Waals surface area contributed by atoms with Crippen LogP contribution in [0.1, 0.15) is 40.2 Å². The van der Waals surface area contributed by atoms with Crippen molar-refractivity contribution in [1.82, 2.24) is 9.88 Å². The second-order valence-electron chi connectivity index (χ2n) is 6.37. The molecule has 7 nitrogen and oxygen atoms in total. The van der Waals surface area contributed by atoms with E-state index in [1.165, 1.54) is 24.3 Å². The van der Waals surface area contributed by atoms with Gasteiger partial charge in [-0.1, -0.05) is 0 Å². The molecule has 1 aliphatic rings. The highest BCUT2D eigenvalue weighted by atomic mass is 32.2. The number of H-pyrrole nitrogens is 1. The Morgan fingerprint density at radius 2 is 1.77 bits per heavy atom. The first-order chi connectivity index (χ1) is 12.3. The van der Waals surface area contributed by atoms with Gasteiger partial charge in [0.1, 0.15) is 4.90 Å². The maximum Gasteiger partial charge on any atom is 0.264 e. The third kappa shape index (κ3) is 3.30. The molecule has 8 heteroatoms. The summed E-state index contributed by atoms with van der Waals surface area (Å²) in [5.41, 5.74) is 1.93. The first-order valence-electron chi connectivity index (χ1n) is 8.35. The van der Waals surface area contributed by atoms with E-state index in [1.807, 2.05) is 6.07 Å². The van der Waals surface area contributed by atoms with Crippen LogP contribution in [0.15, 0.2) is 29.2 Å². The third-order valence-electron chi connectivity index (χ3n) is 4.46. The predicted molar refractivity (Wildman–Crippen MR) is 97.4 cm³/mol. The minimum absolute atomic E-state index is 0.0174. The highest BCUT2D eigenvalue weighted by molar-refractivity contribution is 7.92. The monoisotopic (exact) mass is 372 g/mol. The van der Waals surface area contributed by atoms with Crippen LogP contribution in [0.2, 0.25) is 0 Å². The summed E-state index contributed by atoms with van der Waals surface area (Å²) in [4.78, 5) is 17.5. The number of rotatable bonds is 4. The molecule has 1 aromatic carbocycles. The van der Waals surface area contributed by atoms with Gasteiger partial charge in [-0.2, -0.15) is 5.26 Å². The van der Waals surface area contributed by atoms with Crippen LogP contribution in [-0.2, 0) is 10.0 Å². The number of hydrogen-bond acceptors (Lipinski definition) is 4. The van der Waals surface area contributed by atoms with Gasteiger partial charge in [0, 0.05) is 30.2 Å². The van der Waals surface area contributed by atoms with Crippen LogP contribution in [0.4, 0.5) is 5.69 Å². The van der Waals surface area contributed by atoms with E-state index in [0.29, 0.717) is 35.7 Å². The standard InChI is InChI=1S/C18H20N4O3S/c1-12-16(18(23)22-9-3-4-10-22)17(13(2)20-12)26(24,25)21-15-7-5-14(11-19)6-8-15/h5-8,20-21H,3-4,9-10H2,1-2H3. The zero-order valence-corrected chi connectivity index (χ0v) is 15.5. The van der Waals surface area contributed by atoms with E-state index < -0.39 is 10.0 Å². The molecule has 136 valence electrons. The summed E-state index contributed by atoms with van der Waals surface area (Å²) in [6.45, 7) is 4.63. The molecule has 1 aromatic heterocycles. The van der Waals surface area contributed by atoms with E-state index >= 15 is 0 Å². The van der Waals surface area contributed by atoms with E-state index in [4.69, 9.17) is 5.26 Å². The van der Waals surface area contributed by atoms with Crippen molar-refractivity contribution in [3.63, 3.8) is 0 Å². The zero-order valence-electron chi connectivity index (χ0n) is 14.7. The fraction of sp³-hybridized carbons (Fsp3) is 0.333. The number of nitrogens with zero attached hydrogens (tertiary/aromatic N) is 2. The number of nitrogens with one attached hydrogen (secondary N) is 2. The molecule has 0 atom stereocenters. The lowest BCUT2D eigenvalue weighted by molar-refractivity contribution is 0.0788. The van der Waals surface area contributed by atoms with E-state index in [-0.39, 0.29) is 16.4 Å². The molecular formula is C18H20N4O3S. The first kappa shape index (κ1) is 18.0. The number of hydrogen-bond donors (Lipinski definition) is 2. The van der Waals surface area contributed by atoms with E-state index in [1.54, 1.807) is 18.7 Å². The van der Waals surface area contributed by atoms with Crippen molar-refractivity contribution in [3.8, 4) is 6.07 Å². The summed E-state index contributed by atoms with van der Waals surface area (Å²) in [6.07, 6.45) is 1.86. The van der Waals surface area contributed by atoms with Crippen LogP contribution < -0.4 is 4.72 Å². The summed E-state index contributed by atoms with van der Waals surface area (Å²) < 4.78 is 28.4. The molecule has 26 heavy (non-hydrogen) atoms. The lowest BCUT2D eigenvalue weighted by atomic mass is 10.2. The summed E-state index contributed by atoms with van der Waals surface area (Å²) >= 11 is 0. The van der Waals surface area contributed by atoms with Crippen LogP contribution in [0, 0.1) is 25.2 Å². The number of carbonyl (C=O) groups is 1. The van der Waals surface area contributed by atoms with Gasteiger partial charge in [0.25, 0.3) is 15.9 Å². The Labute approximate surface area is 152 Å². The zero-order chi connectivity index (χ0) is 18.9. The number of likely N-dealkylation sites (tertiary alicyclic amines) is 1. The molecule has 3 rings (SSSR count). The molecule has 2 heterocycles. The van der Waals surface area contributed by atoms with Gasteiger partial charge in [0.05, 0.1) is 17.2 Å². The molecule has 2 aromatic rings. The van der Waals surface area contributed by atoms with E-state index in [0.717, 1.165) is 12.8 Å². The second-order valence-corrected chi connectivity index (χ2v) is 7.99. The molecule has 0 radical (unpaired) electrons. The number of nitriles is 1. The minimum Gasteiger partial charge on any atom is -0.361 e. The average Bonchev–Trinajstić information content (AvgIpc) is 3.22. The normalized spacial score (nSPS) is 14.3. The number of benzene rings is 1. The largest absolute Gasteiger partial charge is 0.361 e. The summed E-state index contributed by atoms with van der Waals surface area (Å²) in [5.74, 6) is -0.260. The fourth-order valence-corrected chi connectivity index (χ4v) is 4.76. The van der Waals surface area contributed by atoms with Gasteiger partial charge in [-0.15, -0.1) is 0 Å². The molecule has 2 N–H and O–H groups in total. The number of aromatic nitrogens is 1. The Kier molecular flexibility index (Phi) is 4.74. The highest BCUT2D eigenvalue weighted by Crippen LogP contribution is 2.28. The van der Waals surface area contributed by atoms with Crippen molar-refractivity contribution in [2.45, 2.75) is 31.6 Å². The maximum atomic E-state index is 13.0. The molecule has 0 spiro atoms. The molecule has 1 fully saturated rings. The SMILES string of the molecule is Cc1[nH]c(C)c(S(=O)(=O)Nc2ccc(C#N)cc2)c1C(=O)N1CCCC1. The maximum absolute atomic E-state index is 13.0. The number of sulfonamides is 1. The van der Waals surface area contributed by atoms with Crippen molar-refractivity contribution in [1.29, 1.82) is 5.26 Å². The van der Waals surface area contributed by atoms with Gasteiger partial charge >= 0.3 is 0 Å². The van der Waals surface area contributed by atoms with Gasteiger partial charge in [-0.3, -0.25) is 9.52 Å². The number of aromatic amines is 1. The lowest BCUT2D eigenvalue weighted by Crippen LogP contribution is -2.29. The van der Waals surface area contributed by atoms with Crippen molar-refractivity contribution in [2.75, 3.05) is 17.8 Å². The van der Waals surface area contributed by atoms with Crippen LogP contribution in [0.3, 0.4) is 0 Å². The fourth-order valence-electron chi connectivity index (χ4n) is 3.25. The topological polar surface area (TPSA) is 106 Å². The molecule has 1 aliphatic heterocycles. The number of anilines is 1. The smallest absolute Gasteiger partial charge is 0.264 e. The highest BCUT2D eigenvalue weighted by Gasteiger charge is 2.32. The van der Waals surface area contributed by atoms with Gasteiger partial charge < -0.3 is 9.88 Å².